The van der Waals surface area contributed by atoms with Crippen LogP contribution >= 0.6 is 0 Å². The van der Waals surface area contributed by atoms with Gasteiger partial charge in [-0.25, -0.2) is 9.59 Å². The maximum Gasteiger partial charge on any atom is 0.329 e. The second kappa shape index (κ2) is 5.71. The molecule has 1 aliphatic heterocycles. The smallest absolute Gasteiger partial charge is 0.329 e. The summed E-state index contributed by atoms with van der Waals surface area (Å²) >= 11 is 0. The lowest BCUT2D eigenvalue weighted by Gasteiger charge is -2.17. The highest BCUT2D eigenvalue weighted by Gasteiger charge is 2.33. The van der Waals surface area contributed by atoms with Gasteiger partial charge in [0.15, 0.2) is 12.0 Å². The molecule has 1 saturated heterocycles. The zero-order valence-corrected chi connectivity index (χ0v) is 9.32. The van der Waals surface area contributed by atoms with Crippen molar-refractivity contribution in [1.82, 2.24) is 10.6 Å². The molecule has 0 radical (unpaired) electrons. The first-order valence-electron chi connectivity index (χ1n) is 4.95. The molecule has 1 heterocycles. The third-order valence-electron chi connectivity index (χ3n) is 2.11. The van der Waals surface area contributed by atoms with Crippen LogP contribution in [0.3, 0.4) is 0 Å². The molecule has 10 nitrogen and oxygen atoms in total. The van der Waals surface area contributed by atoms with Crippen molar-refractivity contribution in [3.8, 4) is 0 Å². The molecule has 0 aromatic heterocycles. The van der Waals surface area contributed by atoms with E-state index in [-0.39, 0.29) is 0 Å². The maximum absolute atomic E-state index is 11.3. The first-order chi connectivity index (χ1) is 8.81. The number of carbonyl (C=O) groups excluding carboxylic acids is 3. The summed E-state index contributed by atoms with van der Waals surface area (Å²) in [6.45, 7) is 0. The van der Waals surface area contributed by atoms with Crippen LogP contribution in [0.1, 0.15) is 6.42 Å². The summed E-state index contributed by atoms with van der Waals surface area (Å²) in [5, 5.41) is 20.7. The number of rotatable bonds is 5. The van der Waals surface area contributed by atoms with Crippen LogP contribution in [0.15, 0.2) is 4.99 Å². The molecule has 0 aromatic rings. The normalized spacial score (nSPS) is 18.0. The molecule has 0 aliphatic carbocycles. The van der Waals surface area contributed by atoms with Gasteiger partial charge in [0.05, 0.1) is 6.42 Å². The molecule has 0 saturated carbocycles. The van der Waals surface area contributed by atoms with E-state index in [1.165, 1.54) is 0 Å². The Labute approximate surface area is 105 Å². The maximum atomic E-state index is 11.3. The molecule has 1 aliphatic rings. The molecule has 0 spiro atoms. The van der Waals surface area contributed by atoms with Gasteiger partial charge in [0, 0.05) is 6.21 Å². The van der Waals surface area contributed by atoms with Crippen molar-refractivity contribution in [3.05, 3.63) is 0 Å². The summed E-state index contributed by atoms with van der Waals surface area (Å²) in [6.07, 6.45) is -0.0838. The van der Waals surface area contributed by atoms with E-state index in [4.69, 9.17) is 10.2 Å². The Balaban J connectivity index is 2.80. The van der Waals surface area contributed by atoms with Crippen LogP contribution in [0.25, 0.3) is 0 Å². The Kier molecular flexibility index (Phi) is 4.29. The van der Waals surface area contributed by atoms with E-state index in [0.29, 0.717) is 6.21 Å². The van der Waals surface area contributed by atoms with E-state index >= 15 is 0 Å². The van der Waals surface area contributed by atoms with Crippen molar-refractivity contribution in [1.29, 1.82) is 0 Å². The van der Waals surface area contributed by atoms with Crippen LogP contribution in [0.4, 0.5) is 4.79 Å². The molecule has 4 amide bonds. The van der Waals surface area contributed by atoms with E-state index in [2.05, 4.69) is 4.99 Å². The van der Waals surface area contributed by atoms with Crippen molar-refractivity contribution in [3.63, 3.8) is 0 Å². The average Bonchev–Trinajstić information content (AvgIpc) is 2.25. The Morgan fingerprint density at radius 2 is 1.74 bits per heavy atom. The van der Waals surface area contributed by atoms with Crippen LogP contribution in [-0.2, 0) is 19.2 Å². The van der Waals surface area contributed by atoms with E-state index in [9.17, 15) is 24.0 Å². The largest absolute Gasteiger partial charge is 0.481 e. The Morgan fingerprint density at radius 1 is 1.21 bits per heavy atom. The number of hydrogen-bond acceptors (Lipinski definition) is 6. The summed E-state index contributed by atoms with van der Waals surface area (Å²) in [7, 11) is 0. The molecule has 102 valence electrons. The van der Waals surface area contributed by atoms with Crippen molar-refractivity contribution in [2.75, 3.05) is 0 Å². The van der Waals surface area contributed by atoms with Gasteiger partial charge in [0.1, 0.15) is 0 Å². The first-order valence-corrected chi connectivity index (χ1v) is 4.95. The van der Waals surface area contributed by atoms with Gasteiger partial charge in [0.2, 0.25) is 11.8 Å². The Morgan fingerprint density at radius 3 is 2.16 bits per heavy atom. The fourth-order valence-corrected chi connectivity index (χ4v) is 1.22. The topological polar surface area (TPSA) is 162 Å². The zero-order valence-electron chi connectivity index (χ0n) is 9.32. The SMILES string of the molecule is O=C(O)C[C@H](N=CC1C(=O)NC(=O)NC1=O)C(=O)O. The number of carbonyl (C=O) groups is 5. The number of carboxylic acid groups (broad SMARTS) is 2. The van der Waals surface area contributed by atoms with Crippen LogP contribution in [0.5, 0.6) is 0 Å². The minimum Gasteiger partial charge on any atom is -0.481 e. The summed E-state index contributed by atoms with van der Waals surface area (Å²) in [6, 6.07) is -2.60. The van der Waals surface area contributed by atoms with Gasteiger partial charge in [-0.1, -0.05) is 0 Å². The molecule has 1 atom stereocenters. The highest BCUT2D eigenvalue weighted by molar-refractivity contribution is 6.23. The first kappa shape index (κ1) is 14.3. The molecule has 0 bridgehead atoms. The summed E-state index contributed by atoms with van der Waals surface area (Å²) in [5.74, 6) is -6.30. The molecule has 0 unspecified atom stereocenters. The number of imide groups is 2. The fraction of sp³-hybridized carbons (Fsp3) is 0.333. The van der Waals surface area contributed by atoms with Crippen LogP contribution in [0, 0.1) is 5.92 Å². The van der Waals surface area contributed by atoms with E-state index in [0.717, 1.165) is 0 Å². The Bertz CT molecular complexity index is 464. The summed E-state index contributed by atoms with van der Waals surface area (Å²) < 4.78 is 0. The summed E-state index contributed by atoms with van der Waals surface area (Å²) in [4.78, 5) is 57.7. The van der Waals surface area contributed by atoms with Crippen molar-refractivity contribution in [2.24, 2.45) is 10.9 Å². The number of nitrogens with zero attached hydrogens (tertiary/aromatic N) is 1. The molecule has 1 fully saturated rings. The number of amides is 4. The van der Waals surface area contributed by atoms with E-state index in [1.54, 1.807) is 10.6 Å². The Hall–Kier alpha value is -2.78. The molecule has 4 N–H and O–H groups in total. The van der Waals surface area contributed by atoms with Crippen molar-refractivity contribution < 1.29 is 34.2 Å². The molecular weight excluding hydrogens is 262 g/mol. The van der Waals surface area contributed by atoms with Gasteiger partial charge in [-0.2, -0.15) is 0 Å². The second-order valence-electron chi connectivity index (χ2n) is 3.54. The molecular formula is C9H9N3O7. The molecule has 10 heteroatoms. The molecule has 1 rings (SSSR count). The van der Waals surface area contributed by atoms with Gasteiger partial charge >= 0.3 is 18.0 Å². The number of hydrogen-bond donors (Lipinski definition) is 4. The van der Waals surface area contributed by atoms with Gasteiger partial charge in [-0.15, -0.1) is 0 Å². The lowest BCUT2D eigenvalue weighted by molar-refractivity contribution is -0.144. The van der Waals surface area contributed by atoms with Gasteiger partial charge < -0.3 is 10.2 Å². The predicted octanol–water partition coefficient (Wildman–Crippen LogP) is -2.03. The fourth-order valence-electron chi connectivity index (χ4n) is 1.22. The quantitative estimate of drug-likeness (QED) is 0.331. The lowest BCUT2D eigenvalue weighted by Crippen LogP contribution is -2.56. The van der Waals surface area contributed by atoms with E-state index < -0.39 is 48.2 Å². The minimum atomic E-state index is -1.62. The third kappa shape index (κ3) is 3.87. The number of nitrogens with one attached hydrogen (secondary N) is 2. The van der Waals surface area contributed by atoms with Crippen molar-refractivity contribution in [2.45, 2.75) is 12.5 Å². The molecule has 19 heavy (non-hydrogen) atoms. The third-order valence-corrected chi connectivity index (χ3v) is 2.11. The monoisotopic (exact) mass is 271 g/mol. The minimum absolute atomic E-state index is 0.707. The average molecular weight is 271 g/mol. The predicted molar refractivity (Wildman–Crippen MR) is 57.3 cm³/mol. The van der Waals surface area contributed by atoms with Crippen LogP contribution in [-0.4, -0.2) is 52.3 Å². The van der Waals surface area contributed by atoms with Crippen molar-refractivity contribution >= 4 is 36.0 Å². The number of barbiturate groups is 1. The van der Waals surface area contributed by atoms with E-state index in [1.807, 2.05) is 0 Å². The molecule has 0 aromatic carbocycles. The number of urea groups is 1. The van der Waals surface area contributed by atoms with Crippen LogP contribution < -0.4 is 10.6 Å². The highest BCUT2D eigenvalue weighted by atomic mass is 16.4. The number of aliphatic carboxylic acids is 2. The number of carboxylic acids is 2. The number of aliphatic imine (C=N–C) groups is 1. The van der Waals surface area contributed by atoms with Crippen LogP contribution in [0.2, 0.25) is 0 Å². The van der Waals surface area contributed by atoms with Gasteiger partial charge in [-0.05, 0) is 0 Å². The zero-order chi connectivity index (χ0) is 14.6. The van der Waals surface area contributed by atoms with Gasteiger partial charge in [-0.3, -0.25) is 30.0 Å². The van der Waals surface area contributed by atoms with Gasteiger partial charge in [0.25, 0.3) is 0 Å². The lowest BCUT2D eigenvalue weighted by atomic mass is 10.1. The second-order valence-corrected chi connectivity index (χ2v) is 3.54. The highest BCUT2D eigenvalue weighted by Crippen LogP contribution is 2.03. The standard InChI is InChI=1S/C9H9N3O7/c13-5(14)1-4(8(17)18)10-2-3-6(15)11-9(19)12-7(3)16/h2-4H,1H2,(H,13,14)(H,17,18)(H2,11,12,15,16,19)/t4-/m0/s1. The summed E-state index contributed by atoms with van der Waals surface area (Å²) in [5.41, 5.74) is 0.